The average Bonchev–Trinajstić information content (AvgIpc) is 3.11. The van der Waals surface area contributed by atoms with E-state index in [0.29, 0.717) is 5.92 Å². The molecule has 0 radical (unpaired) electrons. The molecule has 0 bridgehead atoms. The Kier molecular flexibility index (Phi) is 5.15. The van der Waals surface area contributed by atoms with Gasteiger partial charge < -0.3 is 14.5 Å². The molecule has 0 aliphatic carbocycles. The fraction of sp³-hybridized carbons (Fsp3) is 0.667. The van der Waals surface area contributed by atoms with Gasteiger partial charge in [-0.25, -0.2) is 4.98 Å². The van der Waals surface area contributed by atoms with E-state index in [2.05, 4.69) is 36.7 Å². The van der Waals surface area contributed by atoms with Crippen molar-refractivity contribution in [3.63, 3.8) is 0 Å². The number of nitrogens with one attached hydrogen (secondary N) is 1. The predicted molar refractivity (Wildman–Crippen MR) is 88.2 cm³/mol. The summed E-state index contributed by atoms with van der Waals surface area (Å²) >= 11 is 1.79. The Labute approximate surface area is 135 Å². The molecule has 6 nitrogen and oxygen atoms in total. The van der Waals surface area contributed by atoms with Crippen LogP contribution in [0.4, 0.5) is 0 Å². The van der Waals surface area contributed by atoms with Gasteiger partial charge in [-0.15, -0.1) is 10.2 Å². The smallest absolute Gasteiger partial charge is 0.190 e. The van der Waals surface area contributed by atoms with E-state index in [9.17, 15) is 0 Å². The third kappa shape index (κ3) is 3.52. The standard InChI is InChI=1S/C15H24N6S/c1-12-17-7-9-21(12)8-4-10-22-15-19-18-14(20(15)2)13-5-3-6-16-11-13/h7,9,13,16H,3-6,8,10-11H2,1-2H3/t13-/m0/s1. The zero-order chi connectivity index (χ0) is 15.4. The zero-order valence-corrected chi connectivity index (χ0v) is 14.1. The van der Waals surface area contributed by atoms with Crippen molar-refractivity contribution in [2.45, 2.75) is 43.8 Å². The van der Waals surface area contributed by atoms with Crippen molar-refractivity contribution in [3.8, 4) is 0 Å². The van der Waals surface area contributed by atoms with Gasteiger partial charge >= 0.3 is 0 Å². The summed E-state index contributed by atoms with van der Waals surface area (Å²) in [6.07, 6.45) is 7.44. The van der Waals surface area contributed by atoms with Crippen LogP contribution in [0.5, 0.6) is 0 Å². The Hall–Kier alpha value is -1.34. The lowest BCUT2D eigenvalue weighted by molar-refractivity contribution is 0.436. The van der Waals surface area contributed by atoms with Crippen LogP contribution < -0.4 is 5.32 Å². The topological polar surface area (TPSA) is 60.6 Å². The summed E-state index contributed by atoms with van der Waals surface area (Å²) in [5.74, 6) is 3.76. The molecule has 1 N–H and O–H groups in total. The molecule has 120 valence electrons. The molecule has 2 aromatic heterocycles. The van der Waals surface area contributed by atoms with Crippen molar-refractivity contribution in [3.05, 3.63) is 24.0 Å². The number of piperidine rings is 1. The van der Waals surface area contributed by atoms with Crippen molar-refractivity contribution in [1.29, 1.82) is 0 Å². The molecule has 0 saturated carbocycles. The largest absolute Gasteiger partial charge is 0.335 e. The average molecular weight is 320 g/mol. The number of imidazole rings is 1. The summed E-state index contributed by atoms with van der Waals surface area (Å²) in [6.45, 7) is 5.20. The van der Waals surface area contributed by atoms with Gasteiger partial charge in [0.05, 0.1) is 0 Å². The molecule has 22 heavy (non-hydrogen) atoms. The lowest BCUT2D eigenvalue weighted by Gasteiger charge is -2.21. The van der Waals surface area contributed by atoms with Crippen molar-refractivity contribution in [1.82, 2.24) is 29.6 Å². The second kappa shape index (κ2) is 7.28. The third-order valence-corrected chi connectivity index (χ3v) is 5.34. The first-order valence-electron chi connectivity index (χ1n) is 7.96. The number of hydrogen-bond donors (Lipinski definition) is 1. The van der Waals surface area contributed by atoms with Gasteiger partial charge in [0.2, 0.25) is 0 Å². The number of nitrogens with zero attached hydrogens (tertiary/aromatic N) is 5. The molecule has 2 aromatic rings. The van der Waals surface area contributed by atoms with Gasteiger partial charge in [0, 0.05) is 44.2 Å². The first kappa shape index (κ1) is 15.6. The van der Waals surface area contributed by atoms with Crippen LogP contribution in [0.25, 0.3) is 0 Å². The minimum absolute atomic E-state index is 0.509. The Morgan fingerprint density at radius 3 is 3.05 bits per heavy atom. The highest BCUT2D eigenvalue weighted by atomic mass is 32.2. The van der Waals surface area contributed by atoms with Gasteiger partial charge in [-0.05, 0) is 32.7 Å². The van der Waals surface area contributed by atoms with E-state index >= 15 is 0 Å². The van der Waals surface area contributed by atoms with Gasteiger partial charge in [-0.1, -0.05) is 11.8 Å². The molecule has 0 spiro atoms. The Morgan fingerprint density at radius 2 is 2.32 bits per heavy atom. The van der Waals surface area contributed by atoms with E-state index in [4.69, 9.17) is 0 Å². The summed E-state index contributed by atoms with van der Waals surface area (Å²) < 4.78 is 4.36. The molecule has 1 fully saturated rings. The van der Waals surface area contributed by atoms with Crippen molar-refractivity contribution < 1.29 is 0 Å². The summed E-state index contributed by atoms with van der Waals surface area (Å²) in [7, 11) is 2.09. The van der Waals surface area contributed by atoms with Crippen LogP contribution in [0.3, 0.4) is 0 Å². The van der Waals surface area contributed by atoms with E-state index in [0.717, 1.165) is 48.6 Å². The maximum Gasteiger partial charge on any atom is 0.190 e. The molecule has 0 aromatic carbocycles. The molecule has 0 amide bonds. The molecule has 1 atom stereocenters. The number of thioether (sulfide) groups is 1. The summed E-state index contributed by atoms with van der Waals surface area (Å²) in [6, 6.07) is 0. The highest BCUT2D eigenvalue weighted by molar-refractivity contribution is 7.99. The fourth-order valence-electron chi connectivity index (χ4n) is 2.92. The molecular formula is C15H24N6S. The van der Waals surface area contributed by atoms with Crippen molar-refractivity contribution in [2.75, 3.05) is 18.8 Å². The van der Waals surface area contributed by atoms with E-state index in [-0.39, 0.29) is 0 Å². The van der Waals surface area contributed by atoms with E-state index in [1.165, 1.54) is 12.8 Å². The summed E-state index contributed by atoms with van der Waals surface area (Å²) in [4.78, 5) is 4.25. The molecule has 0 unspecified atom stereocenters. The van der Waals surface area contributed by atoms with Crippen LogP contribution in [0, 0.1) is 6.92 Å². The molecule has 3 heterocycles. The van der Waals surface area contributed by atoms with Crippen LogP contribution in [0.15, 0.2) is 17.6 Å². The second-order valence-corrected chi connectivity index (χ2v) is 6.88. The highest BCUT2D eigenvalue weighted by Gasteiger charge is 2.21. The lowest BCUT2D eigenvalue weighted by atomic mass is 9.99. The van der Waals surface area contributed by atoms with Crippen LogP contribution >= 0.6 is 11.8 Å². The third-order valence-electron chi connectivity index (χ3n) is 4.23. The first-order chi connectivity index (χ1) is 10.8. The monoisotopic (exact) mass is 320 g/mol. The quantitative estimate of drug-likeness (QED) is 0.651. The minimum Gasteiger partial charge on any atom is -0.335 e. The van der Waals surface area contributed by atoms with Gasteiger partial charge in [0.1, 0.15) is 11.6 Å². The van der Waals surface area contributed by atoms with Gasteiger partial charge in [0.15, 0.2) is 5.16 Å². The van der Waals surface area contributed by atoms with Crippen molar-refractivity contribution >= 4 is 11.8 Å². The molecule has 3 rings (SSSR count). The van der Waals surface area contributed by atoms with Crippen LogP contribution in [-0.4, -0.2) is 43.2 Å². The van der Waals surface area contributed by atoms with Crippen LogP contribution in [0.1, 0.15) is 36.8 Å². The Balaban J connectivity index is 1.50. The normalized spacial score (nSPS) is 18.7. The van der Waals surface area contributed by atoms with Gasteiger partial charge in [-0.3, -0.25) is 0 Å². The molecule has 1 aliphatic rings. The number of rotatable bonds is 6. The van der Waals surface area contributed by atoms with Crippen LogP contribution in [-0.2, 0) is 13.6 Å². The summed E-state index contributed by atoms with van der Waals surface area (Å²) in [5, 5.41) is 13.3. The Morgan fingerprint density at radius 1 is 1.41 bits per heavy atom. The van der Waals surface area contributed by atoms with Gasteiger partial charge in [-0.2, -0.15) is 0 Å². The summed E-state index contributed by atoms with van der Waals surface area (Å²) in [5.41, 5.74) is 0. The van der Waals surface area contributed by atoms with Crippen molar-refractivity contribution in [2.24, 2.45) is 7.05 Å². The lowest BCUT2D eigenvalue weighted by Crippen LogP contribution is -2.29. The van der Waals surface area contributed by atoms with E-state index in [1.807, 2.05) is 19.3 Å². The molecule has 1 saturated heterocycles. The zero-order valence-electron chi connectivity index (χ0n) is 13.3. The van der Waals surface area contributed by atoms with E-state index < -0.39 is 0 Å². The number of hydrogen-bond acceptors (Lipinski definition) is 5. The number of aryl methyl sites for hydroxylation is 2. The Bertz CT molecular complexity index is 599. The van der Waals surface area contributed by atoms with E-state index in [1.54, 1.807) is 11.8 Å². The molecular weight excluding hydrogens is 296 g/mol. The number of aromatic nitrogens is 5. The highest BCUT2D eigenvalue weighted by Crippen LogP contribution is 2.25. The maximum absolute atomic E-state index is 4.42. The maximum atomic E-state index is 4.42. The first-order valence-corrected chi connectivity index (χ1v) is 8.95. The molecule has 1 aliphatic heterocycles. The predicted octanol–water partition coefficient (Wildman–Crippen LogP) is 1.97. The van der Waals surface area contributed by atoms with Gasteiger partial charge in [0.25, 0.3) is 0 Å². The SMILES string of the molecule is Cc1nccn1CCCSc1nnc([C@H]2CCCNC2)n1C. The second-order valence-electron chi connectivity index (χ2n) is 5.81. The van der Waals surface area contributed by atoms with Crippen LogP contribution in [0.2, 0.25) is 0 Å². The minimum atomic E-state index is 0.509. The molecule has 7 heteroatoms. The fourth-order valence-corrected chi connectivity index (χ4v) is 3.76.